The van der Waals surface area contributed by atoms with Crippen LogP contribution in [0.25, 0.3) is 0 Å². The van der Waals surface area contributed by atoms with Gasteiger partial charge in [-0.25, -0.2) is 0 Å². The number of carbonyl (C=O) groups excluding carboxylic acids is 1. The number of thiocarbonyl (C=S) groups is 1. The summed E-state index contributed by atoms with van der Waals surface area (Å²) in [5.41, 5.74) is 5.52. The summed E-state index contributed by atoms with van der Waals surface area (Å²) in [6.07, 6.45) is 1.16. The van der Waals surface area contributed by atoms with Crippen LogP contribution in [0, 0.1) is 11.3 Å². The zero-order valence-corrected chi connectivity index (χ0v) is 11.7. The summed E-state index contributed by atoms with van der Waals surface area (Å²) in [6.45, 7) is 2.50. The highest BCUT2D eigenvalue weighted by Crippen LogP contribution is 2.15. The van der Waals surface area contributed by atoms with Crippen LogP contribution < -0.4 is 21.1 Å². The van der Waals surface area contributed by atoms with E-state index in [1.807, 2.05) is 6.92 Å². The molecule has 0 aromatic heterocycles. The molecule has 1 rings (SSSR count). The Labute approximate surface area is 122 Å². The predicted molar refractivity (Wildman–Crippen MR) is 79.9 cm³/mol. The Morgan fingerprint density at radius 2 is 2.15 bits per heavy atom. The van der Waals surface area contributed by atoms with Crippen molar-refractivity contribution in [2.75, 3.05) is 11.9 Å². The largest absolute Gasteiger partial charge is 0.494 e. The molecule has 1 amide bonds. The second kappa shape index (κ2) is 7.76. The highest BCUT2D eigenvalue weighted by atomic mass is 32.1. The van der Waals surface area contributed by atoms with Crippen molar-refractivity contribution in [1.82, 2.24) is 5.32 Å². The van der Waals surface area contributed by atoms with Crippen molar-refractivity contribution in [3.63, 3.8) is 0 Å². The molecule has 1 aromatic rings. The number of ether oxygens (including phenoxy) is 1. The zero-order valence-electron chi connectivity index (χ0n) is 10.8. The Morgan fingerprint density at radius 1 is 1.50 bits per heavy atom. The number of nitrogens with two attached hydrogens (primary N) is 1. The third kappa shape index (κ3) is 4.96. The van der Waals surface area contributed by atoms with Gasteiger partial charge in [-0.05, 0) is 43.4 Å². The lowest BCUT2D eigenvalue weighted by atomic mass is 10.3. The average Bonchev–Trinajstić information content (AvgIpc) is 2.41. The highest BCUT2D eigenvalue weighted by molar-refractivity contribution is 7.80. The van der Waals surface area contributed by atoms with Gasteiger partial charge in [0.15, 0.2) is 5.11 Å². The van der Waals surface area contributed by atoms with Gasteiger partial charge in [0, 0.05) is 11.9 Å². The molecule has 4 N–H and O–H groups in total. The summed E-state index contributed by atoms with van der Waals surface area (Å²) in [6, 6.07) is 8.85. The Hall–Kier alpha value is -2.59. The van der Waals surface area contributed by atoms with E-state index in [0.717, 1.165) is 17.6 Å². The van der Waals surface area contributed by atoms with Gasteiger partial charge in [-0.3, -0.25) is 4.79 Å². The number of carbonyl (C=O) groups is 1. The third-order valence-electron chi connectivity index (χ3n) is 2.16. The van der Waals surface area contributed by atoms with E-state index in [-0.39, 0.29) is 10.7 Å². The number of anilines is 1. The smallest absolute Gasteiger partial charge is 0.260 e. The van der Waals surface area contributed by atoms with Gasteiger partial charge in [0.25, 0.3) is 5.91 Å². The minimum atomic E-state index is -0.816. The monoisotopic (exact) mass is 290 g/mol. The standard InChI is InChI=1S/C13H14N4O2S/c1-2-19-11-5-3-10(4-6-11)17-13(20)16-8-9(7-14)12(15)18/h3-6,8H,2H2,1H3,(H2,15,18)(H2,16,17,20). The summed E-state index contributed by atoms with van der Waals surface area (Å²) in [7, 11) is 0. The lowest BCUT2D eigenvalue weighted by molar-refractivity contribution is -0.114. The topological polar surface area (TPSA) is 100 Å². The molecule has 0 saturated carbocycles. The molecule has 0 radical (unpaired) electrons. The molecule has 0 bridgehead atoms. The summed E-state index contributed by atoms with van der Waals surface area (Å²) in [5.74, 6) is -0.0545. The van der Waals surface area contributed by atoms with Crippen molar-refractivity contribution in [2.45, 2.75) is 6.92 Å². The molecular weight excluding hydrogens is 276 g/mol. The van der Waals surface area contributed by atoms with Crippen molar-refractivity contribution in [2.24, 2.45) is 5.73 Å². The normalized spacial score (nSPS) is 10.3. The molecule has 0 aliphatic carbocycles. The van der Waals surface area contributed by atoms with Crippen LogP contribution in [-0.2, 0) is 4.79 Å². The van der Waals surface area contributed by atoms with Gasteiger partial charge in [-0.1, -0.05) is 0 Å². The van der Waals surface area contributed by atoms with Gasteiger partial charge in [0.1, 0.15) is 17.4 Å². The summed E-state index contributed by atoms with van der Waals surface area (Å²) in [4.78, 5) is 10.8. The Morgan fingerprint density at radius 3 is 2.65 bits per heavy atom. The van der Waals surface area contributed by atoms with Crippen molar-refractivity contribution in [1.29, 1.82) is 5.26 Å². The lowest BCUT2D eigenvalue weighted by Gasteiger charge is -2.08. The lowest BCUT2D eigenvalue weighted by Crippen LogP contribution is -2.25. The third-order valence-corrected chi connectivity index (χ3v) is 2.38. The molecule has 0 spiro atoms. The average molecular weight is 290 g/mol. The van der Waals surface area contributed by atoms with E-state index >= 15 is 0 Å². The number of nitrogens with one attached hydrogen (secondary N) is 2. The molecule has 0 saturated heterocycles. The molecule has 6 nitrogen and oxygen atoms in total. The maximum absolute atomic E-state index is 10.8. The summed E-state index contributed by atoms with van der Waals surface area (Å²) in [5, 5.41) is 14.4. The first-order valence-electron chi connectivity index (χ1n) is 5.77. The number of nitrogens with zero attached hydrogens (tertiary/aromatic N) is 1. The molecule has 0 fully saturated rings. The van der Waals surface area contributed by atoms with E-state index < -0.39 is 5.91 Å². The number of amides is 1. The van der Waals surface area contributed by atoms with E-state index in [1.165, 1.54) is 0 Å². The minimum absolute atomic E-state index is 0.208. The molecule has 7 heteroatoms. The maximum atomic E-state index is 10.8. The Balaban J connectivity index is 2.58. The number of hydrogen-bond donors (Lipinski definition) is 3. The van der Waals surface area contributed by atoms with E-state index in [2.05, 4.69) is 10.6 Å². The van der Waals surface area contributed by atoms with E-state index in [4.69, 9.17) is 28.0 Å². The van der Waals surface area contributed by atoms with Crippen molar-refractivity contribution >= 4 is 28.9 Å². The van der Waals surface area contributed by atoms with E-state index in [0.29, 0.717) is 6.61 Å². The van der Waals surface area contributed by atoms with Crippen LogP contribution in [-0.4, -0.2) is 17.6 Å². The first kappa shape index (κ1) is 15.5. The summed E-state index contributed by atoms with van der Waals surface area (Å²) < 4.78 is 5.31. The van der Waals surface area contributed by atoms with Crippen LogP contribution in [0.5, 0.6) is 5.75 Å². The first-order valence-corrected chi connectivity index (χ1v) is 6.18. The van der Waals surface area contributed by atoms with Gasteiger partial charge in [-0.2, -0.15) is 5.26 Å². The van der Waals surface area contributed by atoms with Gasteiger partial charge < -0.3 is 21.1 Å². The fourth-order valence-corrected chi connectivity index (χ4v) is 1.44. The van der Waals surface area contributed by atoms with Crippen LogP contribution in [0.3, 0.4) is 0 Å². The van der Waals surface area contributed by atoms with E-state index in [9.17, 15) is 4.79 Å². The number of hydrogen-bond acceptors (Lipinski definition) is 4. The fraction of sp³-hybridized carbons (Fsp3) is 0.154. The quantitative estimate of drug-likeness (QED) is 0.429. The van der Waals surface area contributed by atoms with Gasteiger partial charge in [-0.15, -0.1) is 0 Å². The van der Waals surface area contributed by atoms with Gasteiger partial charge in [0.05, 0.1) is 6.61 Å². The second-order valence-electron chi connectivity index (χ2n) is 3.59. The minimum Gasteiger partial charge on any atom is -0.494 e. The molecule has 0 unspecified atom stereocenters. The molecule has 0 aliphatic heterocycles. The molecule has 104 valence electrons. The highest BCUT2D eigenvalue weighted by Gasteiger charge is 2.03. The molecule has 1 aromatic carbocycles. The van der Waals surface area contributed by atoms with Crippen molar-refractivity contribution in [3.05, 3.63) is 36.0 Å². The van der Waals surface area contributed by atoms with Crippen LogP contribution >= 0.6 is 12.2 Å². The van der Waals surface area contributed by atoms with Crippen molar-refractivity contribution in [3.8, 4) is 11.8 Å². The SMILES string of the molecule is CCOc1ccc(NC(=S)NC=C(C#N)C(N)=O)cc1. The Kier molecular flexibility index (Phi) is 6.00. The molecule has 0 atom stereocenters. The Bertz CT molecular complexity index is 561. The zero-order chi connectivity index (χ0) is 15.0. The van der Waals surface area contributed by atoms with E-state index in [1.54, 1.807) is 30.3 Å². The van der Waals surface area contributed by atoms with Crippen LogP contribution in [0.2, 0.25) is 0 Å². The van der Waals surface area contributed by atoms with Crippen molar-refractivity contribution < 1.29 is 9.53 Å². The first-order chi connectivity index (χ1) is 9.56. The predicted octanol–water partition coefficient (Wildman–Crippen LogP) is 1.26. The molecular formula is C13H14N4O2S. The van der Waals surface area contributed by atoms with Crippen LogP contribution in [0.1, 0.15) is 6.92 Å². The van der Waals surface area contributed by atoms with Gasteiger partial charge in [0.2, 0.25) is 0 Å². The number of nitriles is 1. The molecule has 0 aliphatic rings. The number of primary amides is 1. The van der Waals surface area contributed by atoms with Crippen LogP contribution in [0.4, 0.5) is 5.69 Å². The number of benzene rings is 1. The second-order valence-corrected chi connectivity index (χ2v) is 4.00. The van der Waals surface area contributed by atoms with Crippen LogP contribution in [0.15, 0.2) is 36.0 Å². The maximum Gasteiger partial charge on any atom is 0.260 e. The number of rotatable bonds is 5. The molecule has 0 heterocycles. The molecule has 20 heavy (non-hydrogen) atoms. The summed E-state index contributed by atoms with van der Waals surface area (Å²) >= 11 is 5.01. The fourth-order valence-electron chi connectivity index (χ4n) is 1.26. The van der Waals surface area contributed by atoms with Gasteiger partial charge >= 0.3 is 0 Å².